The van der Waals surface area contributed by atoms with Gasteiger partial charge in [-0.3, -0.25) is 0 Å². The third-order valence-electron chi connectivity index (χ3n) is 4.87. The van der Waals surface area contributed by atoms with E-state index in [1.807, 2.05) is 0 Å². The molecule has 0 saturated heterocycles. The Morgan fingerprint density at radius 3 is 0.857 bits per heavy atom. The predicted molar refractivity (Wildman–Crippen MR) is 143 cm³/mol. The van der Waals surface area contributed by atoms with Crippen LogP contribution in [0, 0.1) is 0 Å². The Morgan fingerprint density at radius 1 is 0.500 bits per heavy atom. The molecule has 0 fully saturated rings. The molecule has 0 rings (SSSR count). The molecule has 0 aromatic rings. The molecule has 28 heavy (non-hydrogen) atoms. The van der Waals surface area contributed by atoms with Crippen LogP contribution in [0.5, 0.6) is 0 Å². The second-order valence-corrected chi connectivity index (χ2v) is 40.7. The molecule has 3 nitrogen and oxygen atoms in total. The smallest absolute Gasteiger partial charge is 0.182 e. The van der Waals surface area contributed by atoms with Gasteiger partial charge in [0.05, 0.1) is 10.2 Å². The first-order valence-corrected chi connectivity index (χ1v) is 29.9. The van der Waals surface area contributed by atoms with Crippen LogP contribution in [0.3, 0.4) is 0 Å². The Kier molecular flexibility index (Phi) is 9.31. The van der Waals surface area contributed by atoms with Gasteiger partial charge in [0.25, 0.3) is 0 Å². The standard InChI is InChI=1S/C18H47O3Si7/c1-23(2,3)19-26(10,11)18(16-17-22,27(12,13)20-24(4,5)6)28(14,15)21-25(7,8)9/h16-17H,1-15H3. The van der Waals surface area contributed by atoms with Crippen LogP contribution in [0.25, 0.3) is 0 Å². The molecule has 3 radical (unpaired) electrons. The summed E-state index contributed by atoms with van der Waals surface area (Å²) in [5.41, 5.74) is 2.06. The van der Waals surface area contributed by atoms with Crippen molar-refractivity contribution in [2.75, 3.05) is 0 Å². The van der Waals surface area contributed by atoms with Crippen molar-refractivity contribution in [3.8, 4) is 0 Å². The molecule has 0 aromatic carbocycles. The topological polar surface area (TPSA) is 27.7 Å². The second-order valence-electron chi connectivity index (χ2n) is 12.3. The van der Waals surface area contributed by atoms with E-state index in [0.717, 1.165) is 0 Å². The summed E-state index contributed by atoms with van der Waals surface area (Å²) in [4.78, 5) is 0. The molecule has 0 heterocycles. The lowest BCUT2D eigenvalue weighted by molar-refractivity contribution is 0.475. The van der Waals surface area contributed by atoms with Crippen LogP contribution in [-0.4, -0.2) is 60.1 Å². The lowest BCUT2D eigenvalue weighted by Gasteiger charge is -2.61. The van der Waals surface area contributed by atoms with E-state index in [4.69, 9.17) is 12.3 Å². The number of hydrogen-bond donors (Lipinski definition) is 0. The normalized spacial score (nSPS) is 16.1. The molecule has 0 saturated carbocycles. The van der Waals surface area contributed by atoms with Crippen molar-refractivity contribution < 1.29 is 12.3 Å². The maximum Gasteiger partial charge on any atom is 0.182 e. The first kappa shape index (κ1) is 29.1. The predicted octanol–water partition coefficient (Wildman–Crippen LogP) is 6.66. The highest BCUT2D eigenvalue weighted by molar-refractivity contribution is 7.15. The first-order valence-electron chi connectivity index (χ1n) is 10.4. The van der Waals surface area contributed by atoms with Gasteiger partial charge in [0.15, 0.2) is 49.9 Å². The van der Waals surface area contributed by atoms with Crippen LogP contribution >= 0.6 is 0 Å². The van der Waals surface area contributed by atoms with Crippen LogP contribution in [0.2, 0.25) is 102 Å². The van der Waals surface area contributed by atoms with Gasteiger partial charge in [0.1, 0.15) is 0 Å². The summed E-state index contributed by atoms with van der Waals surface area (Å²) in [5, 5.41) is 0. The molecule has 0 unspecified atom stereocenters. The minimum Gasteiger partial charge on any atom is -0.455 e. The zero-order chi connectivity index (χ0) is 23.0. The van der Waals surface area contributed by atoms with Crippen molar-refractivity contribution >= 4 is 60.1 Å². The molecule has 0 aliphatic rings. The van der Waals surface area contributed by atoms with Crippen LogP contribution in [0.4, 0.5) is 0 Å². The maximum absolute atomic E-state index is 7.09. The number of hydrogen-bond acceptors (Lipinski definition) is 3. The van der Waals surface area contributed by atoms with Gasteiger partial charge in [0, 0.05) is 4.28 Å². The molecule has 10 heteroatoms. The fraction of sp³-hybridized carbons (Fsp3) is 0.889. The summed E-state index contributed by atoms with van der Waals surface area (Å²) in [6.45, 7) is 35.3. The van der Waals surface area contributed by atoms with Gasteiger partial charge >= 0.3 is 0 Å². The van der Waals surface area contributed by atoms with Gasteiger partial charge in [-0.1, -0.05) is 6.08 Å². The Labute approximate surface area is 186 Å². The van der Waals surface area contributed by atoms with E-state index < -0.39 is 49.9 Å². The Bertz CT molecular complexity index is 484. The minimum absolute atomic E-state index is 0.115. The summed E-state index contributed by atoms with van der Waals surface area (Å²) >= 11 is 0. The molecule has 0 aromatic heterocycles. The molecule has 0 amide bonds. The molecular weight excluding hydrogens is 461 g/mol. The SMILES string of the molecule is C[Si](C)(C)O[Si](C)(C)C(C=C[Si])([Si](C)(C)O[Si](C)(C)C)[Si](C)(C)O[Si](C)(C)C. The van der Waals surface area contributed by atoms with Gasteiger partial charge in [-0.25, -0.2) is 0 Å². The lowest BCUT2D eigenvalue weighted by Crippen LogP contribution is -2.74. The highest BCUT2D eigenvalue weighted by Gasteiger charge is 2.68. The minimum atomic E-state index is -2.25. The molecule has 0 aliphatic carbocycles. The third kappa shape index (κ3) is 7.38. The van der Waals surface area contributed by atoms with E-state index in [0.29, 0.717) is 0 Å². The maximum atomic E-state index is 7.09. The number of allylic oxidation sites excluding steroid dienone is 1. The van der Waals surface area contributed by atoms with Gasteiger partial charge in [-0.05, 0) is 98.2 Å². The van der Waals surface area contributed by atoms with Gasteiger partial charge < -0.3 is 12.3 Å². The highest BCUT2D eigenvalue weighted by Crippen LogP contribution is 2.57. The summed E-state index contributed by atoms with van der Waals surface area (Å²) in [6.07, 6.45) is 2.41. The monoisotopic (exact) mass is 507 g/mol. The molecular formula is C18H47O3Si7. The van der Waals surface area contributed by atoms with E-state index in [1.54, 1.807) is 0 Å². The van der Waals surface area contributed by atoms with Gasteiger partial charge in [-0.2, -0.15) is 0 Å². The fourth-order valence-corrected chi connectivity index (χ4v) is 48.1. The molecule has 0 aliphatic heterocycles. The summed E-state index contributed by atoms with van der Waals surface area (Å²) < 4.78 is 21.2. The molecule has 0 spiro atoms. The van der Waals surface area contributed by atoms with E-state index in [2.05, 4.69) is 120 Å². The van der Waals surface area contributed by atoms with Crippen molar-refractivity contribution in [3.05, 3.63) is 11.8 Å². The second kappa shape index (κ2) is 8.94. The van der Waals surface area contributed by atoms with E-state index in [9.17, 15) is 0 Å². The average molecular weight is 508 g/mol. The Balaban J connectivity index is 7.03. The number of rotatable bonds is 10. The Hall–Kier alpha value is 1.14. The Morgan fingerprint density at radius 2 is 0.714 bits per heavy atom. The van der Waals surface area contributed by atoms with Crippen molar-refractivity contribution in [3.63, 3.8) is 0 Å². The van der Waals surface area contributed by atoms with Gasteiger partial charge in [0.2, 0.25) is 0 Å². The van der Waals surface area contributed by atoms with Crippen molar-refractivity contribution in [1.29, 1.82) is 0 Å². The van der Waals surface area contributed by atoms with E-state index >= 15 is 0 Å². The fourth-order valence-electron chi connectivity index (χ4n) is 5.44. The van der Waals surface area contributed by atoms with Crippen molar-refractivity contribution in [2.24, 2.45) is 0 Å². The van der Waals surface area contributed by atoms with E-state index in [1.165, 1.54) is 0 Å². The van der Waals surface area contributed by atoms with Crippen molar-refractivity contribution in [1.82, 2.24) is 0 Å². The zero-order valence-corrected chi connectivity index (χ0v) is 28.4. The average Bonchev–Trinajstić information content (AvgIpc) is 2.24. The third-order valence-corrected chi connectivity index (χ3v) is 35.5. The lowest BCUT2D eigenvalue weighted by atomic mass is 10.7. The van der Waals surface area contributed by atoms with Gasteiger partial charge in [-0.15, -0.1) is 5.70 Å². The zero-order valence-electron chi connectivity index (χ0n) is 21.4. The summed E-state index contributed by atoms with van der Waals surface area (Å²) in [5.74, 6) is 0. The van der Waals surface area contributed by atoms with Crippen molar-refractivity contribution in [2.45, 2.75) is 102 Å². The summed E-state index contributed by atoms with van der Waals surface area (Å²) in [6, 6.07) is 0. The molecule has 0 bridgehead atoms. The molecule has 165 valence electrons. The van der Waals surface area contributed by atoms with Crippen LogP contribution < -0.4 is 0 Å². The summed E-state index contributed by atoms with van der Waals surface area (Å²) in [7, 11) is -8.25. The highest BCUT2D eigenvalue weighted by atomic mass is 28.5. The molecule has 0 atom stereocenters. The first-order chi connectivity index (χ1) is 11.9. The van der Waals surface area contributed by atoms with Crippen LogP contribution in [-0.2, 0) is 12.3 Å². The van der Waals surface area contributed by atoms with Crippen LogP contribution in [0.1, 0.15) is 0 Å². The van der Waals surface area contributed by atoms with Crippen LogP contribution in [0.15, 0.2) is 11.8 Å². The molecule has 0 N–H and O–H groups in total. The van der Waals surface area contributed by atoms with E-state index in [-0.39, 0.29) is 4.28 Å². The quantitative estimate of drug-likeness (QED) is 0.309. The largest absolute Gasteiger partial charge is 0.455 e.